The Balaban J connectivity index is 1.78. The number of hydrogen-bond donors (Lipinski definition) is 3. The van der Waals surface area contributed by atoms with Gasteiger partial charge in [-0.2, -0.15) is 0 Å². The minimum Gasteiger partial charge on any atom is -0.491 e. The summed E-state index contributed by atoms with van der Waals surface area (Å²) in [6.07, 6.45) is 1.80. The lowest BCUT2D eigenvalue weighted by molar-refractivity contribution is 0.188. The van der Waals surface area contributed by atoms with Crippen LogP contribution in [0.1, 0.15) is 25.0 Å². The number of nitrogens with two attached hydrogens (primary N) is 1. The molecule has 7 heteroatoms. The largest absolute Gasteiger partial charge is 0.491 e. The number of aromatic nitrogens is 1. The van der Waals surface area contributed by atoms with Crippen molar-refractivity contribution in [1.82, 2.24) is 9.88 Å². The highest BCUT2D eigenvalue weighted by atomic mass is 16.5. The number of β-amino-alcohol motifs (C(OH)–C–C–N with tert-alkyl or cyclic N) is 1. The quantitative estimate of drug-likeness (QED) is 0.500. The van der Waals surface area contributed by atoms with E-state index in [2.05, 4.69) is 14.8 Å². The van der Waals surface area contributed by atoms with Crippen LogP contribution < -0.4 is 15.4 Å². The van der Waals surface area contributed by atoms with Crippen LogP contribution in [0.4, 0.5) is 11.5 Å². The second-order valence-corrected chi connectivity index (χ2v) is 7.25. The number of piperazine rings is 1. The molecule has 1 aromatic carbocycles. The Morgan fingerprint density at radius 3 is 2.64 bits per heavy atom. The number of benzene rings is 1. The molecule has 0 aliphatic carbocycles. The predicted molar refractivity (Wildman–Crippen MR) is 113 cm³/mol. The third-order valence-corrected chi connectivity index (χ3v) is 4.81. The van der Waals surface area contributed by atoms with Crippen molar-refractivity contribution in [1.29, 1.82) is 5.41 Å². The Morgan fingerprint density at radius 2 is 1.96 bits per heavy atom. The van der Waals surface area contributed by atoms with Gasteiger partial charge in [-0.05, 0) is 44.2 Å². The van der Waals surface area contributed by atoms with Gasteiger partial charge < -0.3 is 20.5 Å². The molecule has 2 aromatic rings. The molecule has 0 saturated carbocycles. The number of nitrogens with zero attached hydrogens (tertiary/aromatic N) is 3. The van der Waals surface area contributed by atoms with Crippen molar-refractivity contribution in [3.05, 3.63) is 47.7 Å². The summed E-state index contributed by atoms with van der Waals surface area (Å²) in [5, 5.41) is 17.8. The van der Waals surface area contributed by atoms with Gasteiger partial charge in [0.2, 0.25) is 0 Å². The van der Waals surface area contributed by atoms with E-state index < -0.39 is 0 Å². The maximum atomic E-state index is 9.09. The first-order chi connectivity index (χ1) is 13.5. The smallest absolute Gasteiger partial charge is 0.129 e. The zero-order valence-electron chi connectivity index (χ0n) is 16.6. The van der Waals surface area contributed by atoms with Crippen LogP contribution >= 0.6 is 0 Å². The Hall–Kier alpha value is -2.64. The van der Waals surface area contributed by atoms with Crippen molar-refractivity contribution in [2.75, 3.05) is 50.0 Å². The van der Waals surface area contributed by atoms with Crippen LogP contribution in [0.3, 0.4) is 0 Å². The van der Waals surface area contributed by atoms with Crippen LogP contribution in [0.15, 0.2) is 36.5 Å². The van der Waals surface area contributed by atoms with Crippen molar-refractivity contribution >= 4 is 17.2 Å². The topological polar surface area (TPSA) is 98.7 Å². The first kappa shape index (κ1) is 20.1. The highest BCUT2D eigenvalue weighted by molar-refractivity contribution is 6.14. The Kier molecular flexibility index (Phi) is 6.49. The number of aliphatic hydroxyl groups is 1. The Bertz CT molecular complexity index is 816. The zero-order chi connectivity index (χ0) is 20.1. The molecule has 0 spiro atoms. The van der Waals surface area contributed by atoms with Crippen LogP contribution in [0, 0.1) is 5.41 Å². The van der Waals surface area contributed by atoms with Gasteiger partial charge in [0, 0.05) is 55.7 Å². The number of aliphatic hydroxyl groups excluding tert-OH is 1. The highest BCUT2D eigenvalue weighted by Crippen LogP contribution is 2.25. The number of pyridine rings is 1. The molecule has 1 aliphatic rings. The van der Waals surface area contributed by atoms with E-state index in [1.165, 1.54) is 0 Å². The van der Waals surface area contributed by atoms with Crippen molar-refractivity contribution in [3.63, 3.8) is 0 Å². The van der Waals surface area contributed by atoms with E-state index in [0.717, 1.165) is 37.6 Å². The number of anilines is 2. The summed E-state index contributed by atoms with van der Waals surface area (Å²) in [4.78, 5) is 8.95. The number of ether oxygens (including phenoxy) is 1. The number of nitrogen functional groups attached to an aromatic ring is 1. The summed E-state index contributed by atoms with van der Waals surface area (Å²) in [5.74, 6) is 1.57. The summed E-state index contributed by atoms with van der Waals surface area (Å²) in [5.41, 5.74) is 8.47. The lowest BCUT2D eigenvalue weighted by Gasteiger charge is -2.35. The molecule has 0 radical (unpaired) electrons. The van der Waals surface area contributed by atoms with Crippen molar-refractivity contribution < 1.29 is 9.84 Å². The average molecular weight is 383 g/mol. The van der Waals surface area contributed by atoms with Crippen molar-refractivity contribution in [2.24, 2.45) is 0 Å². The van der Waals surface area contributed by atoms with Crippen molar-refractivity contribution in [3.8, 4) is 5.75 Å². The third kappa shape index (κ3) is 4.79. The van der Waals surface area contributed by atoms with E-state index in [9.17, 15) is 0 Å². The lowest BCUT2D eigenvalue weighted by Crippen LogP contribution is -2.47. The second kappa shape index (κ2) is 9.03. The molecule has 3 rings (SSSR count). The molecule has 1 aromatic heterocycles. The zero-order valence-corrected chi connectivity index (χ0v) is 16.6. The van der Waals surface area contributed by atoms with Gasteiger partial charge in [0.05, 0.1) is 18.4 Å². The number of hydrogen-bond acceptors (Lipinski definition) is 7. The third-order valence-electron chi connectivity index (χ3n) is 4.81. The van der Waals surface area contributed by atoms with E-state index >= 15 is 0 Å². The van der Waals surface area contributed by atoms with E-state index in [-0.39, 0.29) is 12.7 Å². The minimum atomic E-state index is 0.0580. The summed E-state index contributed by atoms with van der Waals surface area (Å²) >= 11 is 0. The standard InChI is InChI=1S/C21H29N5O2/c1-15(2)28-17-3-4-19(22)18(14-17)21(23)16-5-6-24-20(13-16)26-9-7-25(8-10-26)11-12-27/h3-6,13-15,23,27H,7-12,22H2,1-2H3. The van der Waals surface area contributed by atoms with Crippen LogP contribution in [0.5, 0.6) is 5.75 Å². The van der Waals surface area contributed by atoms with Gasteiger partial charge in [-0.15, -0.1) is 0 Å². The van der Waals surface area contributed by atoms with Crippen LogP contribution in [0.2, 0.25) is 0 Å². The molecular formula is C21H29N5O2. The lowest BCUT2D eigenvalue weighted by atomic mass is 10.0. The van der Waals surface area contributed by atoms with E-state index in [1.807, 2.05) is 38.1 Å². The van der Waals surface area contributed by atoms with Crippen molar-refractivity contribution in [2.45, 2.75) is 20.0 Å². The summed E-state index contributed by atoms with van der Waals surface area (Å²) in [7, 11) is 0. The maximum absolute atomic E-state index is 9.09. The Morgan fingerprint density at radius 1 is 1.21 bits per heavy atom. The van der Waals surface area contributed by atoms with Gasteiger partial charge in [-0.25, -0.2) is 4.98 Å². The van der Waals surface area contributed by atoms with Gasteiger partial charge in [-0.1, -0.05) is 0 Å². The second-order valence-electron chi connectivity index (χ2n) is 7.25. The number of rotatable bonds is 7. The molecule has 0 bridgehead atoms. The summed E-state index contributed by atoms with van der Waals surface area (Å²) < 4.78 is 5.75. The summed E-state index contributed by atoms with van der Waals surface area (Å²) in [6.45, 7) is 8.32. The van der Waals surface area contributed by atoms with Crippen LogP contribution in [0.25, 0.3) is 0 Å². The van der Waals surface area contributed by atoms with Gasteiger partial charge >= 0.3 is 0 Å². The molecule has 4 N–H and O–H groups in total. The first-order valence-electron chi connectivity index (χ1n) is 9.67. The maximum Gasteiger partial charge on any atom is 0.129 e. The Labute approximate surface area is 166 Å². The molecule has 0 atom stereocenters. The monoisotopic (exact) mass is 383 g/mol. The molecule has 0 amide bonds. The van der Waals surface area contributed by atoms with Crippen LogP contribution in [-0.4, -0.2) is 66.1 Å². The molecular weight excluding hydrogens is 354 g/mol. The predicted octanol–water partition coefficient (Wildman–Crippen LogP) is 1.98. The van der Waals surface area contributed by atoms with Crippen LogP contribution in [-0.2, 0) is 0 Å². The average Bonchev–Trinajstić information content (AvgIpc) is 2.69. The van der Waals surface area contributed by atoms with E-state index in [1.54, 1.807) is 12.3 Å². The minimum absolute atomic E-state index is 0.0580. The SMILES string of the molecule is CC(C)Oc1ccc(N)c(C(=N)c2ccnc(N3CCN(CCO)CC3)c2)c1. The fourth-order valence-electron chi connectivity index (χ4n) is 3.34. The van der Waals surface area contributed by atoms with Gasteiger partial charge in [0.15, 0.2) is 0 Å². The normalized spacial score (nSPS) is 15.1. The molecule has 150 valence electrons. The van der Waals surface area contributed by atoms with E-state index in [4.69, 9.17) is 21.0 Å². The molecule has 1 saturated heterocycles. The highest BCUT2D eigenvalue weighted by Gasteiger charge is 2.19. The molecule has 0 unspecified atom stereocenters. The molecule has 1 aliphatic heterocycles. The van der Waals surface area contributed by atoms with Gasteiger partial charge in [-0.3, -0.25) is 10.3 Å². The van der Waals surface area contributed by atoms with E-state index in [0.29, 0.717) is 29.3 Å². The summed E-state index contributed by atoms with van der Waals surface area (Å²) in [6, 6.07) is 9.22. The molecule has 2 heterocycles. The number of nitrogens with one attached hydrogen (secondary N) is 1. The fraction of sp³-hybridized carbons (Fsp3) is 0.429. The molecule has 7 nitrogen and oxygen atoms in total. The van der Waals surface area contributed by atoms with Gasteiger partial charge in [0.1, 0.15) is 11.6 Å². The van der Waals surface area contributed by atoms with Gasteiger partial charge in [0.25, 0.3) is 0 Å². The molecule has 1 fully saturated rings. The fourth-order valence-corrected chi connectivity index (χ4v) is 3.34. The molecule has 28 heavy (non-hydrogen) atoms. The first-order valence-corrected chi connectivity index (χ1v) is 9.67.